The Morgan fingerprint density at radius 1 is 1.38 bits per heavy atom. The van der Waals surface area contributed by atoms with Gasteiger partial charge in [-0.15, -0.1) is 11.3 Å². The number of hydrogen-bond acceptors (Lipinski definition) is 4. The lowest BCUT2D eigenvalue weighted by molar-refractivity contribution is 0.695. The van der Waals surface area contributed by atoms with E-state index >= 15 is 0 Å². The minimum Gasteiger partial charge on any atom is -0.308 e. The van der Waals surface area contributed by atoms with Crippen LogP contribution in [0.15, 0.2) is 12.4 Å². The lowest BCUT2D eigenvalue weighted by Gasteiger charge is -2.00. The predicted molar refractivity (Wildman–Crippen MR) is 65.3 cm³/mol. The number of aromatic nitrogens is 3. The molecular weight excluding hydrogens is 220 g/mol. The topological polar surface area (TPSA) is 42.7 Å². The van der Waals surface area contributed by atoms with Gasteiger partial charge in [-0.3, -0.25) is 4.68 Å². The number of thiazole rings is 1. The predicted octanol–water partition coefficient (Wildman–Crippen LogP) is 1.78. The summed E-state index contributed by atoms with van der Waals surface area (Å²) < 4.78 is 1.82. The molecule has 0 aliphatic rings. The summed E-state index contributed by atoms with van der Waals surface area (Å²) in [5.74, 6) is 0. The maximum atomic E-state index is 4.40. The molecule has 0 atom stereocenters. The van der Waals surface area contributed by atoms with E-state index in [9.17, 15) is 0 Å². The van der Waals surface area contributed by atoms with Crippen LogP contribution in [0.3, 0.4) is 0 Å². The fraction of sp³-hybridized carbons (Fsp3) is 0.455. The molecule has 0 fully saturated rings. The summed E-state index contributed by atoms with van der Waals surface area (Å²) in [6.07, 6.45) is 3.91. The van der Waals surface area contributed by atoms with Gasteiger partial charge >= 0.3 is 0 Å². The van der Waals surface area contributed by atoms with Crippen LogP contribution in [-0.4, -0.2) is 14.8 Å². The van der Waals surface area contributed by atoms with E-state index in [0.717, 1.165) is 23.8 Å². The summed E-state index contributed by atoms with van der Waals surface area (Å²) in [4.78, 5) is 5.72. The van der Waals surface area contributed by atoms with E-state index in [4.69, 9.17) is 0 Å². The Balaban J connectivity index is 1.86. The third-order valence-corrected chi connectivity index (χ3v) is 3.45. The first kappa shape index (κ1) is 11.3. The van der Waals surface area contributed by atoms with Crippen LogP contribution in [0, 0.1) is 13.8 Å². The first-order valence-corrected chi connectivity index (χ1v) is 6.08. The first-order valence-electron chi connectivity index (χ1n) is 5.26. The lowest BCUT2D eigenvalue weighted by Crippen LogP contribution is -2.11. The van der Waals surface area contributed by atoms with Gasteiger partial charge in [-0.25, -0.2) is 4.98 Å². The molecule has 4 nitrogen and oxygen atoms in total. The second-order valence-corrected chi connectivity index (χ2v) is 5.16. The Kier molecular flexibility index (Phi) is 3.36. The Morgan fingerprint density at radius 3 is 2.75 bits per heavy atom. The molecule has 16 heavy (non-hydrogen) atoms. The van der Waals surface area contributed by atoms with Crippen LogP contribution < -0.4 is 5.32 Å². The minimum absolute atomic E-state index is 0.851. The van der Waals surface area contributed by atoms with E-state index in [1.54, 1.807) is 11.3 Å². The van der Waals surface area contributed by atoms with Crippen LogP contribution in [0.4, 0.5) is 0 Å². The first-order chi connectivity index (χ1) is 7.65. The van der Waals surface area contributed by atoms with Crippen molar-refractivity contribution in [2.24, 2.45) is 7.05 Å². The molecule has 5 heteroatoms. The molecule has 0 aliphatic carbocycles. The molecule has 2 aromatic rings. The van der Waals surface area contributed by atoms with Gasteiger partial charge in [-0.1, -0.05) is 0 Å². The number of nitrogens with zero attached hydrogens (tertiary/aromatic N) is 3. The van der Waals surface area contributed by atoms with Crippen molar-refractivity contribution in [1.82, 2.24) is 20.1 Å². The summed E-state index contributed by atoms with van der Waals surface area (Å²) in [6.45, 7) is 5.84. The molecule has 0 radical (unpaired) electrons. The highest BCUT2D eigenvalue weighted by Gasteiger charge is 2.04. The zero-order valence-electron chi connectivity index (χ0n) is 9.82. The molecule has 2 aromatic heterocycles. The normalized spacial score (nSPS) is 10.9. The van der Waals surface area contributed by atoms with Crippen molar-refractivity contribution in [2.45, 2.75) is 26.9 Å². The van der Waals surface area contributed by atoms with E-state index in [0.29, 0.717) is 0 Å². The van der Waals surface area contributed by atoms with Crippen molar-refractivity contribution in [3.8, 4) is 0 Å². The Bertz CT molecular complexity index is 472. The molecule has 2 rings (SSSR count). The summed E-state index contributed by atoms with van der Waals surface area (Å²) >= 11 is 1.76. The van der Waals surface area contributed by atoms with E-state index in [1.807, 2.05) is 31.0 Å². The van der Waals surface area contributed by atoms with Gasteiger partial charge < -0.3 is 5.32 Å². The summed E-state index contributed by atoms with van der Waals surface area (Å²) in [5.41, 5.74) is 2.35. The minimum atomic E-state index is 0.851. The molecule has 0 saturated heterocycles. The molecule has 0 bridgehead atoms. The van der Waals surface area contributed by atoms with Gasteiger partial charge in [0, 0.05) is 36.8 Å². The van der Waals surface area contributed by atoms with Crippen LogP contribution in [0.2, 0.25) is 0 Å². The molecule has 0 saturated carbocycles. The van der Waals surface area contributed by atoms with Gasteiger partial charge in [0.15, 0.2) is 0 Å². The highest BCUT2D eigenvalue weighted by molar-refractivity contribution is 7.11. The maximum absolute atomic E-state index is 4.40. The van der Waals surface area contributed by atoms with Crippen molar-refractivity contribution >= 4 is 11.3 Å². The van der Waals surface area contributed by atoms with E-state index < -0.39 is 0 Å². The van der Waals surface area contributed by atoms with Gasteiger partial charge in [0.05, 0.1) is 16.9 Å². The molecule has 0 aromatic carbocycles. The average molecular weight is 236 g/mol. The van der Waals surface area contributed by atoms with Gasteiger partial charge in [0.2, 0.25) is 0 Å². The molecule has 2 heterocycles. The van der Waals surface area contributed by atoms with Crippen molar-refractivity contribution in [2.75, 3.05) is 0 Å². The quantitative estimate of drug-likeness (QED) is 0.880. The van der Waals surface area contributed by atoms with E-state index in [2.05, 4.69) is 22.3 Å². The van der Waals surface area contributed by atoms with Gasteiger partial charge in [-0.2, -0.15) is 5.10 Å². The Morgan fingerprint density at radius 2 is 2.19 bits per heavy atom. The number of nitrogens with one attached hydrogen (secondary N) is 1. The third kappa shape index (κ3) is 2.68. The van der Waals surface area contributed by atoms with Crippen LogP contribution >= 0.6 is 11.3 Å². The largest absolute Gasteiger partial charge is 0.308 e. The Hall–Kier alpha value is -1.20. The van der Waals surface area contributed by atoms with Crippen LogP contribution in [0.1, 0.15) is 21.1 Å². The monoisotopic (exact) mass is 236 g/mol. The molecule has 0 spiro atoms. The van der Waals surface area contributed by atoms with Gasteiger partial charge in [-0.05, 0) is 13.8 Å². The van der Waals surface area contributed by atoms with Crippen molar-refractivity contribution in [1.29, 1.82) is 0 Å². The molecule has 0 unspecified atom stereocenters. The summed E-state index contributed by atoms with van der Waals surface area (Å²) in [5, 5.41) is 8.67. The molecule has 1 N–H and O–H groups in total. The zero-order valence-corrected chi connectivity index (χ0v) is 10.6. The second kappa shape index (κ2) is 4.76. The summed E-state index contributed by atoms with van der Waals surface area (Å²) in [6, 6.07) is 0. The van der Waals surface area contributed by atoms with Crippen molar-refractivity contribution < 1.29 is 0 Å². The second-order valence-electron chi connectivity index (χ2n) is 3.87. The highest BCUT2D eigenvalue weighted by Crippen LogP contribution is 2.16. The van der Waals surface area contributed by atoms with Crippen LogP contribution in [0.5, 0.6) is 0 Å². The zero-order chi connectivity index (χ0) is 11.5. The highest BCUT2D eigenvalue weighted by atomic mass is 32.1. The fourth-order valence-electron chi connectivity index (χ4n) is 1.62. The van der Waals surface area contributed by atoms with Crippen LogP contribution in [0.25, 0.3) is 0 Å². The lowest BCUT2D eigenvalue weighted by atomic mass is 10.3. The SMILES string of the molecule is Cc1nc(C)c(CNCc2cnn(C)c2)s1. The smallest absolute Gasteiger partial charge is 0.0900 e. The van der Waals surface area contributed by atoms with Gasteiger partial charge in [0.1, 0.15) is 0 Å². The Labute approximate surface area is 99.3 Å². The van der Waals surface area contributed by atoms with Crippen molar-refractivity contribution in [3.63, 3.8) is 0 Å². The number of hydrogen-bond donors (Lipinski definition) is 1. The maximum Gasteiger partial charge on any atom is 0.0900 e. The van der Waals surface area contributed by atoms with E-state index in [1.165, 1.54) is 10.4 Å². The van der Waals surface area contributed by atoms with Crippen molar-refractivity contribution in [3.05, 3.63) is 33.5 Å². The molecular formula is C11H16N4S. The fourth-order valence-corrected chi connectivity index (χ4v) is 2.53. The number of rotatable bonds is 4. The average Bonchev–Trinajstić information content (AvgIpc) is 2.74. The van der Waals surface area contributed by atoms with Gasteiger partial charge in [0.25, 0.3) is 0 Å². The van der Waals surface area contributed by atoms with E-state index in [-0.39, 0.29) is 0 Å². The standard InChI is InChI=1S/C11H16N4S/c1-8-11(16-9(2)14-8)6-12-4-10-5-13-15(3)7-10/h5,7,12H,4,6H2,1-3H3. The number of aryl methyl sites for hydroxylation is 3. The third-order valence-electron chi connectivity index (χ3n) is 2.37. The molecule has 86 valence electrons. The summed E-state index contributed by atoms with van der Waals surface area (Å²) in [7, 11) is 1.93. The van der Waals surface area contributed by atoms with Crippen LogP contribution in [-0.2, 0) is 20.1 Å². The molecule has 0 amide bonds. The molecule has 0 aliphatic heterocycles.